The van der Waals surface area contributed by atoms with Gasteiger partial charge in [0, 0.05) is 37.0 Å². The van der Waals surface area contributed by atoms with E-state index in [0.717, 1.165) is 35.7 Å². The van der Waals surface area contributed by atoms with Crippen LogP contribution in [0.4, 0.5) is 11.4 Å². The molecule has 1 amide bonds. The average molecular weight is 421 g/mol. The van der Waals surface area contributed by atoms with Crippen LogP contribution in [0.3, 0.4) is 0 Å². The van der Waals surface area contributed by atoms with Crippen LogP contribution in [-0.2, 0) is 11.2 Å². The summed E-state index contributed by atoms with van der Waals surface area (Å²) in [5.74, 6) is 0.491. The zero-order valence-electron chi connectivity index (χ0n) is 17.1. The van der Waals surface area contributed by atoms with E-state index in [1.54, 1.807) is 23.0 Å². The predicted molar refractivity (Wildman–Crippen MR) is 113 cm³/mol. The first-order chi connectivity index (χ1) is 15.0. The SMILES string of the molecule is CC1(CO)Cc2cc(NC(=O)c3cnn4cccnc34)c(N3C[C@H]4C[C@@H]3CO4)cc2O1. The first-order valence-corrected chi connectivity index (χ1v) is 10.5. The summed E-state index contributed by atoms with van der Waals surface area (Å²) in [7, 11) is 0. The van der Waals surface area contributed by atoms with Crippen LogP contribution in [0.25, 0.3) is 5.65 Å². The smallest absolute Gasteiger partial charge is 0.261 e. The molecule has 0 saturated carbocycles. The van der Waals surface area contributed by atoms with Gasteiger partial charge in [0.25, 0.3) is 5.91 Å². The highest BCUT2D eigenvalue weighted by molar-refractivity contribution is 6.09. The summed E-state index contributed by atoms with van der Waals surface area (Å²) in [6, 6.07) is 6.00. The van der Waals surface area contributed by atoms with E-state index in [4.69, 9.17) is 9.47 Å². The molecule has 6 rings (SSSR count). The second-order valence-electron chi connectivity index (χ2n) is 8.76. The van der Waals surface area contributed by atoms with Gasteiger partial charge in [-0.3, -0.25) is 4.79 Å². The number of carbonyl (C=O) groups is 1. The highest BCUT2D eigenvalue weighted by Gasteiger charge is 2.41. The highest BCUT2D eigenvalue weighted by atomic mass is 16.5. The fourth-order valence-electron chi connectivity index (χ4n) is 4.85. The van der Waals surface area contributed by atoms with E-state index < -0.39 is 5.60 Å². The summed E-state index contributed by atoms with van der Waals surface area (Å²) in [4.78, 5) is 19.8. The molecule has 160 valence electrons. The molecule has 2 fully saturated rings. The molecule has 9 heteroatoms. The number of hydrogen-bond donors (Lipinski definition) is 2. The zero-order valence-corrected chi connectivity index (χ0v) is 17.1. The molecule has 1 unspecified atom stereocenters. The molecule has 3 aliphatic heterocycles. The minimum atomic E-state index is -0.651. The summed E-state index contributed by atoms with van der Waals surface area (Å²) in [6.45, 7) is 3.28. The third-order valence-corrected chi connectivity index (χ3v) is 6.42. The maximum atomic E-state index is 13.2. The standard InChI is InChI=1S/C22H23N5O4/c1-22(12-28)8-13-5-17(25-21(29)16-9-24-27-4-2-3-23-20(16)27)18(7-19(13)31-22)26-10-15-6-14(26)11-30-15/h2-5,7,9,14-15,28H,6,8,10-12H2,1H3,(H,25,29)/t14-,15-,22?/m1/s1. The maximum absolute atomic E-state index is 13.2. The Morgan fingerprint density at radius 1 is 1.42 bits per heavy atom. The van der Waals surface area contributed by atoms with Crippen LogP contribution in [0, 0.1) is 0 Å². The van der Waals surface area contributed by atoms with E-state index in [1.165, 1.54) is 6.20 Å². The third-order valence-electron chi connectivity index (χ3n) is 6.42. The lowest BCUT2D eigenvalue weighted by molar-refractivity contribution is 0.0446. The van der Waals surface area contributed by atoms with Gasteiger partial charge in [0.15, 0.2) is 5.65 Å². The summed E-state index contributed by atoms with van der Waals surface area (Å²) >= 11 is 0. The molecule has 2 saturated heterocycles. The van der Waals surface area contributed by atoms with Crippen molar-refractivity contribution in [1.82, 2.24) is 14.6 Å². The second-order valence-corrected chi connectivity index (χ2v) is 8.76. The molecule has 5 heterocycles. The Kier molecular flexibility index (Phi) is 4.00. The molecule has 3 atom stereocenters. The van der Waals surface area contributed by atoms with Gasteiger partial charge in [-0.1, -0.05) is 0 Å². The molecule has 9 nitrogen and oxygen atoms in total. The van der Waals surface area contributed by atoms with Gasteiger partial charge in [-0.2, -0.15) is 5.10 Å². The predicted octanol–water partition coefficient (Wildman–Crippen LogP) is 1.65. The molecule has 1 aromatic carbocycles. The number of fused-ring (bicyclic) bond motifs is 4. The number of aliphatic hydroxyl groups is 1. The van der Waals surface area contributed by atoms with E-state index in [9.17, 15) is 9.90 Å². The van der Waals surface area contributed by atoms with E-state index in [-0.39, 0.29) is 24.7 Å². The van der Waals surface area contributed by atoms with Crippen molar-refractivity contribution in [2.45, 2.75) is 37.5 Å². The number of aliphatic hydroxyl groups excluding tert-OH is 1. The molecule has 3 aromatic rings. The number of aromatic nitrogens is 3. The zero-order chi connectivity index (χ0) is 21.2. The highest BCUT2D eigenvalue weighted by Crippen LogP contribution is 2.44. The molecule has 31 heavy (non-hydrogen) atoms. The number of ether oxygens (including phenoxy) is 2. The van der Waals surface area contributed by atoms with Crippen LogP contribution in [0.5, 0.6) is 5.75 Å². The quantitative estimate of drug-likeness (QED) is 0.660. The van der Waals surface area contributed by atoms with Gasteiger partial charge in [0.05, 0.1) is 42.9 Å². The number of benzene rings is 1. The molecule has 2 aromatic heterocycles. The maximum Gasteiger partial charge on any atom is 0.261 e. The van der Waals surface area contributed by atoms with Crippen LogP contribution in [-0.4, -0.2) is 63.1 Å². The average Bonchev–Trinajstić information content (AvgIpc) is 3.54. The largest absolute Gasteiger partial charge is 0.484 e. The van der Waals surface area contributed by atoms with Crippen LogP contribution < -0.4 is 15.0 Å². The minimum absolute atomic E-state index is 0.0744. The molecule has 3 aliphatic rings. The Balaban J connectivity index is 1.39. The number of amides is 1. The lowest BCUT2D eigenvalue weighted by atomic mass is 9.99. The molecule has 0 aliphatic carbocycles. The van der Waals surface area contributed by atoms with Crippen molar-refractivity contribution in [2.24, 2.45) is 0 Å². The fraction of sp³-hybridized carbons (Fsp3) is 0.409. The molecule has 2 bridgehead atoms. The van der Waals surface area contributed by atoms with E-state index >= 15 is 0 Å². The molecule has 2 N–H and O–H groups in total. The number of morpholine rings is 1. The Morgan fingerprint density at radius 3 is 3.10 bits per heavy atom. The Bertz CT molecular complexity index is 1190. The summed E-state index contributed by atoms with van der Waals surface area (Å²) in [5.41, 5.74) is 2.87. The summed E-state index contributed by atoms with van der Waals surface area (Å²) in [5, 5.41) is 17.1. The number of hydrogen-bond acceptors (Lipinski definition) is 7. The first-order valence-electron chi connectivity index (χ1n) is 10.5. The van der Waals surface area contributed by atoms with Crippen molar-refractivity contribution in [3.63, 3.8) is 0 Å². The normalized spacial score (nSPS) is 26.3. The molecule has 0 spiro atoms. The molecular formula is C22H23N5O4. The van der Waals surface area contributed by atoms with Crippen molar-refractivity contribution in [3.05, 3.63) is 47.9 Å². The van der Waals surface area contributed by atoms with Crippen molar-refractivity contribution in [2.75, 3.05) is 30.0 Å². The molecular weight excluding hydrogens is 398 g/mol. The summed E-state index contributed by atoms with van der Waals surface area (Å²) in [6.07, 6.45) is 6.71. The van der Waals surface area contributed by atoms with Gasteiger partial charge in [-0.05, 0) is 25.5 Å². The van der Waals surface area contributed by atoms with Gasteiger partial charge < -0.3 is 24.8 Å². The summed E-state index contributed by atoms with van der Waals surface area (Å²) < 4.78 is 13.4. The van der Waals surface area contributed by atoms with Gasteiger partial charge in [0.2, 0.25) is 0 Å². The Labute approximate surface area is 178 Å². The monoisotopic (exact) mass is 421 g/mol. The van der Waals surface area contributed by atoms with Crippen molar-refractivity contribution in [3.8, 4) is 5.75 Å². The van der Waals surface area contributed by atoms with Gasteiger partial charge in [0.1, 0.15) is 16.9 Å². The van der Waals surface area contributed by atoms with Crippen molar-refractivity contribution >= 4 is 22.9 Å². The topological polar surface area (TPSA) is 101 Å². The number of rotatable bonds is 4. The Morgan fingerprint density at radius 2 is 2.32 bits per heavy atom. The Hall–Kier alpha value is -3.17. The van der Waals surface area contributed by atoms with Gasteiger partial charge >= 0.3 is 0 Å². The lowest BCUT2D eigenvalue weighted by Gasteiger charge is -2.31. The number of nitrogens with zero attached hydrogens (tertiary/aromatic N) is 4. The molecule has 0 radical (unpaired) electrons. The van der Waals surface area contributed by atoms with E-state index in [0.29, 0.717) is 24.2 Å². The van der Waals surface area contributed by atoms with Crippen LogP contribution in [0.1, 0.15) is 29.3 Å². The number of nitrogens with one attached hydrogen (secondary N) is 1. The van der Waals surface area contributed by atoms with Gasteiger partial charge in [-0.15, -0.1) is 0 Å². The van der Waals surface area contributed by atoms with Gasteiger partial charge in [-0.25, -0.2) is 9.50 Å². The number of carbonyl (C=O) groups excluding carboxylic acids is 1. The van der Waals surface area contributed by atoms with Crippen LogP contribution in [0.2, 0.25) is 0 Å². The third kappa shape index (κ3) is 2.95. The first kappa shape index (κ1) is 18.6. The fourth-order valence-corrected chi connectivity index (χ4v) is 4.85. The van der Waals surface area contributed by atoms with Crippen molar-refractivity contribution in [1.29, 1.82) is 0 Å². The lowest BCUT2D eigenvalue weighted by Crippen LogP contribution is -2.37. The van der Waals surface area contributed by atoms with Crippen molar-refractivity contribution < 1.29 is 19.4 Å². The van der Waals surface area contributed by atoms with E-state index in [1.807, 2.05) is 19.1 Å². The second kappa shape index (κ2) is 6.66. The van der Waals surface area contributed by atoms with E-state index in [2.05, 4.69) is 20.3 Å². The van der Waals surface area contributed by atoms with Crippen LogP contribution in [0.15, 0.2) is 36.8 Å². The number of anilines is 2. The minimum Gasteiger partial charge on any atom is -0.484 e. The van der Waals surface area contributed by atoms with Crippen LogP contribution >= 0.6 is 0 Å².